The number of aliphatic imine (C=N–C) groups is 1. The Morgan fingerprint density at radius 2 is 1.89 bits per heavy atom. The Morgan fingerprint density at radius 3 is 2.44 bits per heavy atom. The lowest BCUT2D eigenvalue weighted by Crippen LogP contribution is -2.38. The van der Waals surface area contributed by atoms with Crippen molar-refractivity contribution in [2.75, 3.05) is 19.6 Å². The van der Waals surface area contributed by atoms with E-state index in [1.165, 1.54) is 4.88 Å². The van der Waals surface area contributed by atoms with Crippen LogP contribution in [0.5, 0.6) is 0 Å². The number of nitrogens with one attached hydrogen (secondary N) is 2. The molecule has 0 fully saturated rings. The molecule has 0 atom stereocenters. The lowest BCUT2D eigenvalue weighted by molar-refractivity contribution is -0.140. The molecule has 27 heavy (non-hydrogen) atoms. The SMILES string of the molecule is CCNC(=NCCc1nc(C(F)(F)F)cs1)NCCc1nc(C)c(C)s1.I. The zero-order chi connectivity index (χ0) is 19.2. The minimum absolute atomic E-state index is 0. The number of alkyl halides is 3. The standard InChI is InChI=1S/C16H22F3N5S2.HI/c1-4-20-15(22-8-6-14-23-10(2)11(3)26-14)21-7-5-13-24-12(9-25-13)16(17,18)19;/h9H,4-8H2,1-3H3,(H2,20,21,22);1H. The molecule has 2 heterocycles. The second-order valence-corrected chi connectivity index (χ2v) is 7.79. The summed E-state index contributed by atoms with van der Waals surface area (Å²) in [6.07, 6.45) is -3.21. The summed E-state index contributed by atoms with van der Waals surface area (Å²) in [5, 5.41) is 8.90. The zero-order valence-corrected chi connectivity index (χ0v) is 19.3. The number of guanidine groups is 1. The van der Waals surface area contributed by atoms with Crippen LogP contribution in [0.2, 0.25) is 0 Å². The van der Waals surface area contributed by atoms with Gasteiger partial charge in [-0.25, -0.2) is 9.97 Å². The van der Waals surface area contributed by atoms with Gasteiger partial charge in [0, 0.05) is 42.7 Å². The van der Waals surface area contributed by atoms with Crippen molar-refractivity contribution in [3.8, 4) is 0 Å². The summed E-state index contributed by atoms with van der Waals surface area (Å²) >= 11 is 2.70. The lowest BCUT2D eigenvalue weighted by Gasteiger charge is -2.10. The summed E-state index contributed by atoms with van der Waals surface area (Å²) in [7, 11) is 0. The number of hydrogen-bond acceptors (Lipinski definition) is 5. The predicted molar refractivity (Wildman–Crippen MR) is 116 cm³/mol. The van der Waals surface area contributed by atoms with Gasteiger partial charge < -0.3 is 10.6 Å². The van der Waals surface area contributed by atoms with Crippen LogP contribution < -0.4 is 10.6 Å². The molecule has 0 aliphatic carbocycles. The summed E-state index contributed by atoms with van der Waals surface area (Å²) in [4.78, 5) is 13.7. The van der Waals surface area contributed by atoms with Gasteiger partial charge in [0.1, 0.15) is 0 Å². The second-order valence-electron chi connectivity index (χ2n) is 5.56. The van der Waals surface area contributed by atoms with Gasteiger partial charge in [-0.2, -0.15) is 13.2 Å². The number of nitrogens with zero attached hydrogens (tertiary/aromatic N) is 3. The second kappa shape index (κ2) is 11.1. The molecule has 0 unspecified atom stereocenters. The molecule has 0 aliphatic rings. The maximum atomic E-state index is 12.6. The van der Waals surface area contributed by atoms with Crippen molar-refractivity contribution in [2.24, 2.45) is 4.99 Å². The number of halogens is 4. The van der Waals surface area contributed by atoms with Gasteiger partial charge in [0.05, 0.1) is 15.7 Å². The third-order valence-electron chi connectivity index (χ3n) is 3.49. The van der Waals surface area contributed by atoms with Crippen LogP contribution in [0.25, 0.3) is 0 Å². The number of thiazole rings is 2. The molecule has 0 amide bonds. The molecule has 0 aromatic carbocycles. The Hall–Kier alpha value is -0.950. The molecule has 152 valence electrons. The van der Waals surface area contributed by atoms with E-state index in [-0.39, 0.29) is 24.0 Å². The van der Waals surface area contributed by atoms with Crippen molar-refractivity contribution in [1.29, 1.82) is 0 Å². The maximum Gasteiger partial charge on any atom is 0.434 e. The molecule has 5 nitrogen and oxygen atoms in total. The highest BCUT2D eigenvalue weighted by Crippen LogP contribution is 2.30. The van der Waals surface area contributed by atoms with Gasteiger partial charge >= 0.3 is 6.18 Å². The van der Waals surface area contributed by atoms with Crippen LogP contribution in [0.15, 0.2) is 10.4 Å². The minimum Gasteiger partial charge on any atom is -0.357 e. The molecule has 0 aliphatic heterocycles. The van der Waals surface area contributed by atoms with Gasteiger partial charge in [-0.15, -0.1) is 46.7 Å². The Labute approximate surface area is 181 Å². The zero-order valence-electron chi connectivity index (χ0n) is 15.3. The maximum absolute atomic E-state index is 12.6. The monoisotopic (exact) mass is 533 g/mol. The van der Waals surface area contributed by atoms with E-state index in [1.54, 1.807) is 11.3 Å². The fourth-order valence-corrected chi connectivity index (χ4v) is 3.82. The van der Waals surface area contributed by atoms with Crippen LogP contribution >= 0.6 is 46.7 Å². The first-order valence-corrected chi connectivity index (χ1v) is 9.96. The first-order valence-electron chi connectivity index (χ1n) is 8.26. The first kappa shape index (κ1) is 24.1. The molecular weight excluding hydrogens is 510 g/mol. The van der Waals surface area contributed by atoms with E-state index in [1.807, 2.05) is 13.8 Å². The smallest absolute Gasteiger partial charge is 0.357 e. The van der Waals surface area contributed by atoms with Crippen molar-refractivity contribution in [1.82, 2.24) is 20.6 Å². The van der Waals surface area contributed by atoms with Gasteiger partial charge in [-0.05, 0) is 20.8 Å². The topological polar surface area (TPSA) is 62.2 Å². The highest BCUT2D eigenvalue weighted by atomic mass is 127. The highest BCUT2D eigenvalue weighted by Gasteiger charge is 2.33. The molecule has 0 bridgehead atoms. The normalized spacial score (nSPS) is 12.0. The van der Waals surface area contributed by atoms with Crippen molar-refractivity contribution in [2.45, 2.75) is 39.8 Å². The van der Waals surface area contributed by atoms with E-state index in [4.69, 9.17) is 0 Å². The molecule has 2 rings (SSSR count). The Bertz CT molecular complexity index is 723. The third-order valence-corrected chi connectivity index (χ3v) is 5.53. The van der Waals surface area contributed by atoms with Crippen LogP contribution in [0.3, 0.4) is 0 Å². The average Bonchev–Trinajstić information content (AvgIpc) is 3.14. The number of aromatic nitrogens is 2. The number of aryl methyl sites for hydroxylation is 2. The summed E-state index contributed by atoms with van der Waals surface area (Å²) in [6, 6.07) is 0. The van der Waals surface area contributed by atoms with Crippen molar-refractivity contribution in [3.05, 3.63) is 31.7 Å². The molecule has 2 aromatic rings. The molecule has 0 spiro atoms. The van der Waals surface area contributed by atoms with Crippen LogP contribution in [0.1, 0.15) is 33.2 Å². The molecule has 0 saturated heterocycles. The van der Waals surface area contributed by atoms with E-state index in [0.29, 0.717) is 37.0 Å². The molecule has 2 aromatic heterocycles. The molecule has 11 heteroatoms. The third kappa shape index (κ3) is 7.90. The fraction of sp³-hybridized carbons (Fsp3) is 0.562. The summed E-state index contributed by atoms with van der Waals surface area (Å²) < 4.78 is 37.7. The molecular formula is C16H23F3IN5S2. The Kier molecular flexibility index (Phi) is 9.95. The Balaban J connectivity index is 0.00000364. The van der Waals surface area contributed by atoms with E-state index in [9.17, 15) is 13.2 Å². The van der Waals surface area contributed by atoms with Crippen molar-refractivity contribution in [3.63, 3.8) is 0 Å². The molecule has 2 N–H and O–H groups in total. The van der Waals surface area contributed by atoms with Crippen LogP contribution in [-0.4, -0.2) is 35.6 Å². The van der Waals surface area contributed by atoms with Gasteiger partial charge in [0.15, 0.2) is 11.7 Å². The van der Waals surface area contributed by atoms with Gasteiger partial charge in [-0.3, -0.25) is 4.99 Å². The van der Waals surface area contributed by atoms with E-state index in [2.05, 4.69) is 32.5 Å². The van der Waals surface area contributed by atoms with E-state index < -0.39 is 11.9 Å². The lowest BCUT2D eigenvalue weighted by atomic mass is 10.4. The van der Waals surface area contributed by atoms with Crippen molar-refractivity contribution >= 4 is 52.6 Å². The quantitative estimate of drug-likeness (QED) is 0.319. The summed E-state index contributed by atoms with van der Waals surface area (Å²) in [6.45, 7) is 7.77. The molecule has 0 saturated carbocycles. The predicted octanol–water partition coefficient (Wildman–Crippen LogP) is 4.19. The first-order chi connectivity index (χ1) is 12.3. The number of hydrogen-bond donors (Lipinski definition) is 2. The summed E-state index contributed by atoms with van der Waals surface area (Å²) in [5.41, 5.74) is 0.229. The number of rotatable bonds is 7. The van der Waals surface area contributed by atoms with Gasteiger partial charge in [-0.1, -0.05) is 0 Å². The van der Waals surface area contributed by atoms with Crippen LogP contribution in [-0.2, 0) is 19.0 Å². The average molecular weight is 533 g/mol. The van der Waals surface area contributed by atoms with Crippen LogP contribution in [0, 0.1) is 13.8 Å². The van der Waals surface area contributed by atoms with E-state index >= 15 is 0 Å². The van der Waals surface area contributed by atoms with Gasteiger partial charge in [0.25, 0.3) is 0 Å². The Morgan fingerprint density at radius 1 is 1.15 bits per heavy atom. The van der Waals surface area contributed by atoms with Gasteiger partial charge in [0.2, 0.25) is 0 Å². The largest absolute Gasteiger partial charge is 0.434 e. The van der Waals surface area contributed by atoms with Crippen molar-refractivity contribution < 1.29 is 13.2 Å². The molecule has 0 radical (unpaired) electrons. The minimum atomic E-state index is -4.39. The fourth-order valence-electron chi connectivity index (χ4n) is 2.09. The van der Waals surface area contributed by atoms with E-state index in [0.717, 1.165) is 33.8 Å². The van der Waals surface area contributed by atoms with Crippen LogP contribution in [0.4, 0.5) is 13.2 Å². The summed E-state index contributed by atoms with van der Waals surface area (Å²) in [5.74, 6) is 0.644. The highest BCUT2D eigenvalue weighted by molar-refractivity contribution is 14.0.